The van der Waals surface area contributed by atoms with Gasteiger partial charge < -0.3 is 14.6 Å². The number of aromatic nitrogens is 2. The molecule has 0 unspecified atom stereocenters. The highest BCUT2D eigenvalue weighted by molar-refractivity contribution is 5.95. The smallest absolute Gasteiger partial charge is 0.295 e. The number of carbonyl (C=O) groups excluding carboxylic acids is 2. The minimum atomic E-state index is -2.71. The Balaban J connectivity index is 1.49. The lowest BCUT2D eigenvalue weighted by Crippen LogP contribution is -2.45. The van der Waals surface area contributed by atoms with Gasteiger partial charge in [-0.3, -0.25) is 14.8 Å². The summed E-state index contributed by atoms with van der Waals surface area (Å²) in [6.07, 6.45) is -2.71. The summed E-state index contributed by atoms with van der Waals surface area (Å²) in [6, 6.07) is 12.9. The molecular weight excluding hydrogens is 410 g/mol. The molecule has 3 N–H and O–H groups in total. The maximum Gasteiger partial charge on any atom is 0.295 e. The van der Waals surface area contributed by atoms with Crippen molar-refractivity contribution in [3.05, 3.63) is 65.5 Å². The van der Waals surface area contributed by atoms with Crippen LogP contribution < -0.4 is 10.8 Å². The fraction of sp³-hybridized carbons (Fsp3) is 0.286. The molecule has 0 radical (unpaired) electrons. The van der Waals surface area contributed by atoms with E-state index in [1.54, 1.807) is 54.0 Å². The Bertz CT molecular complexity index is 1100. The van der Waals surface area contributed by atoms with Gasteiger partial charge >= 0.3 is 0 Å². The van der Waals surface area contributed by atoms with E-state index in [1.165, 1.54) is 4.57 Å². The van der Waals surface area contributed by atoms with E-state index in [2.05, 4.69) is 10.3 Å². The maximum absolute atomic E-state index is 13.5. The quantitative estimate of drug-likeness (QED) is 0.411. The fourth-order valence-corrected chi connectivity index (χ4v) is 3.66. The Morgan fingerprint density at radius 2 is 1.90 bits per heavy atom. The maximum atomic E-state index is 13.5. The first-order valence-corrected chi connectivity index (χ1v) is 9.62. The molecule has 1 aromatic heterocycles. The normalized spacial score (nSPS) is 18.5. The Morgan fingerprint density at radius 1 is 1.16 bits per heavy atom. The van der Waals surface area contributed by atoms with Crippen LogP contribution in [0.2, 0.25) is 0 Å². The number of nitrogens with zero attached hydrogens (tertiary/aromatic N) is 2. The van der Waals surface area contributed by atoms with E-state index in [4.69, 9.17) is 9.94 Å². The van der Waals surface area contributed by atoms with Crippen molar-refractivity contribution in [3.8, 4) is 0 Å². The van der Waals surface area contributed by atoms with Crippen LogP contribution in [0.4, 0.5) is 8.78 Å². The predicted molar refractivity (Wildman–Crippen MR) is 106 cm³/mol. The fourth-order valence-electron chi connectivity index (χ4n) is 3.66. The molecule has 3 aromatic rings. The summed E-state index contributed by atoms with van der Waals surface area (Å²) in [6.45, 7) is 0.435. The Kier molecular flexibility index (Phi) is 5.92. The van der Waals surface area contributed by atoms with Crippen molar-refractivity contribution in [2.24, 2.45) is 5.92 Å². The molecule has 2 atom stereocenters. The zero-order valence-corrected chi connectivity index (χ0v) is 16.3. The third-order valence-electron chi connectivity index (χ3n) is 5.28. The third kappa shape index (κ3) is 4.25. The number of para-hydroxylation sites is 2. The first kappa shape index (κ1) is 20.9. The molecule has 1 aliphatic rings. The van der Waals surface area contributed by atoms with Crippen molar-refractivity contribution < 1.29 is 28.3 Å². The molecule has 1 fully saturated rings. The van der Waals surface area contributed by atoms with Gasteiger partial charge in [0.2, 0.25) is 0 Å². The second-order valence-corrected chi connectivity index (χ2v) is 7.24. The molecule has 0 spiro atoms. The molecule has 162 valence electrons. The standard InChI is InChI=1S/C21H20F2N4O4/c22-18(23)19-24-15-3-1-2-4-17(15)27(19)9-12-5-7-13(8-6-12)20(28)25-16-11-31-10-14(16)21(29)26-30/h1-8,14,16,18,30H,9-11H2,(H,25,28)(H,26,29)/t14-,16+/m0/s1. The summed E-state index contributed by atoms with van der Waals surface area (Å²) >= 11 is 0. The monoisotopic (exact) mass is 430 g/mol. The van der Waals surface area contributed by atoms with E-state index in [1.807, 2.05) is 0 Å². The summed E-state index contributed by atoms with van der Waals surface area (Å²) in [7, 11) is 0. The summed E-state index contributed by atoms with van der Waals surface area (Å²) in [4.78, 5) is 28.2. The van der Waals surface area contributed by atoms with Crippen LogP contribution in [0, 0.1) is 5.92 Å². The number of fused-ring (bicyclic) bond motifs is 1. The van der Waals surface area contributed by atoms with Crippen LogP contribution in [0.5, 0.6) is 0 Å². The van der Waals surface area contributed by atoms with Gasteiger partial charge in [0.05, 0.1) is 36.2 Å². The first-order valence-electron chi connectivity index (χ1n) is 9.62. The van der Waals surface area contributed by atoms with Gasteiger partial charge in [0.1, 0.15) is 0 Å². The van der Waals surface area contributed by atoms with E-state index >= 15 is 0 Å². The number of alkyl halides is 2. The number of rotatable bonds is 6. The number of benzene rings is 2. The van der Waals surface area contributed by atoms with Gasteiger partial charge in [-0.25, -0.2) is 19.2 Å². The first-order chi connectivity index (χ1) is 15.0. The second kappa shape index (κ2) is 8.78. The zero-order valence-electron chi connectivity index (χ0n) is 16.3. The predicted octanol–water partition coefficient (Wildman–Crippen LogP) is 2.27. The molecule has 2 amide bonds. The molecule has 10 heteroatoms. The van der Waals surface area contributed by atoms with Crippen LogP contribution in [-0.2, 0) is 16.1 Å². The Morgan fingerprint density at radius 3 is 2.61 bits per heavy atom. The minimum absolute atomic E-state index is 0.0988. The van der Waals surface area contributed by atoms with E-state index in [9.17, 15) is 18.4 Å². The highest BCUT2D eigenvalue weighted by Crippen LogP contribution is 2.25. The van der Waals surface area contributed by atoms with Gasteiger partial charge in [0.25, 0.3) is 18.2 Å². The van der Waals surface area contributed by atoms with Crippen molar-refractivity contribution in [1.82, 2.24) is 20.3 Å². The molecule has 1 saturated heterocycles. The van der Waals surface area contributed by atoms with Gasteiger partial charge in [-0.1, -0.05) is 24.3 Å². The number of halogens is 2. The molecule has 2 heterocycles. The third-order valence-corrected chi connectivity index (χ3v) is 5.28. The number of imidazole rings is 1. The number of hydroxylamine groups is 1. The Labute approximate surface area is 175 Å². The van der Waals surface area contributed by atoms with Gasteiger partial charge in [-0.05, 0) is 29.8 Å². The minimum Gasteiger partial charge on any atom is -0.378 e. The summed E-state index contributed by atoms with van der Waals surface area (Å²) in [5.74, 6) is -2.02. The molecule has 8 nitrogen and oxygen atoms in total. The SMILES string of the molecule is O=C(N[C@@H]1COC[C@@H]1C(=O)NO)c1ccc(Cn2c(C(F)F)nc3ccccc32)cc1. The number of hydrogen-bond acceptors (Lipinski definition) is 5. The highest BCUT2D eigenvalue weighted by atomic mass is 19.3. The molecule has 0 bridgehead atoms. The van der Waals surface area contributed by atoms with Crippen LogP contribution in [0.25, 0.3) is 11.0 Å². The average Bonchev–Trinajstić information content (AvgIpc) is 3.38. The van der Waals surface area contributed by atoms with Crippen molar-refractivity contribution in [2.45, 2.75) is 19.0 Å². The van der Waals surface area contributed by atoms with Crippen molar-refractivity contribution in [1.29, 1.82) is 0 Å². The van der Waals surface area contributed by atoms with Crippen LogP contribution in [0.3, 0.4) is 0 Å². The summed E-state index contributed by atoms with van der Waals surface area (Å²) in [5, 5.41) is 11.5. The number of carbonyl (C=O) groups is 2. The molecule has 2 aromatic carbocycles. The molecule has 0 saturated carbocycles. The number of nitrogens with one attached hydrogen (secondary N) is 2. The topological polar surface area (TPSA) is 105 Å². The number of amides is 2. The molecular formula is C21H20F2N4O4. The molecule has 0 aliphatic carbocycles. The van der Waals surface area contributed by atoms with E-state index in [0.717, 1.165) is 5.56 Å². The number of hydrogen-bond donors (Lipinski definition) is 3. The lowest BCUT2D eigenvalue weighted by molar-refractivity contribution is -0.133. The van der Waals surface area contributed by atoms with Crippen molar-refractivity contribution in [3.63, 3.8) is 0 Å². The average molecular weight is 430 g/mol. The van der Waals surface area contributed by atoms with E-state index in [0.29, 0.717) is 16.6 Å². The summed E-state index contributed by atoms with van der Waals surface area (Å²) in [5.41, 5.74) is 3.75. The second-order valence-electron chi connectivity index (χ2n) is 7.24. The molecule has 4 rings (SSSR count). The van der Waals surface area contributed by atoms with Crippen LogP contribution >= 0.6 is 0 Å². The Hall–Kier alpha value is -3.37. The molecule has 1 aliphatic heterocycles. The zero-order chi connectivity index (χ0) is 22.0. The largest absolute Gasteiger partial charge is 0.378 e. The number of ether oxygens (including phenoxy) is 1. The molecule has 31 heavy (non-hydrogen) atoms. The van der Waals surface area contributed by atoms with Gasteiger partial charge in [0.15, 0.2) is 5.82 Å². The van der Waals surface area contributed by atoms with Crippen molar-refractivity contribution >= 4 is 22.8 Å². The van der Waals surface area contributed by atoms with Gasteiger partial charge in [-0.15, -0.1) is 0 Å². The lowest BCUT2D eigenvalue weighted by Gasteiger charge is -2.17. The summed E-state index contributed by atoms with van der Waals surface area (Å²) < 4.78 is 33.6. The van der Waals surface area contributed by atoms with Crippen LogP contribution in [0.1, 0.15) is 28.2 Å². The lowest BCUT2D eigenvalue weighted by atomic mass is 10.0. The van der Waals surface area contributed by atoms with E-state index < -0.39 is 30.2 Å². The van der Waals surface area contributed by atoms with Gasteiger partial charge in [-0.2, -0.15) is 0 Å². The van der Waals surface area contributed by atoms with E-state index in [-0.39, 0.29) is 25.6 Å². The highest BCUT2D eigenvalue weighted by Gasteiger charge is 2.35. The van der Waals surface area contributed by atoms with Crippen molar-refractivity contribution in [2.75, 3.05) is 13.2 Å². The van der Waals surface area contributed by atoms with Crippen LogP contribution in [0.15, 0.2) is 48.5 Å². The van der Waals surface area contributed by atoms with Gasteiger partial charge in [0, 0.05) is 12.1 Å². The van der Waals surface area contributed by atoms with Crippen LogP contribution in [-0.4, -0.2) is 45.8 Å².